The molecular formula is C22H30ClN5O2. The van der Waals surface area contributed by atoms with Crippen molar-refractivity contribution in [3.63, 3.8) is 0 Å². The van der Waals surface area contributed by atoms with Crippen LogP contribution in [0, 0.1) is 5.92 Å². The number of anilines is 1. The van der Waals surface area contributed by atoms with Crippen LogP contribution in [0.5, 0.6) is 0 Å². The molecular weight excluding hydrogens is 402 g/mol. The van der Waals surface area contributed by atoms with E-state index in [1.807, 2.05) is 19.4 Å². The van der Waals surface area contributed by atoms with Gasteiger partial charge in [-0.05, 0) is 42.7 Å². The number of carbonyl (C=O) groups excluding carboxylic acids is 2. The molecule has 2 amide bonds. The van der Waals surface area contributed by atoms with Crippen molar-refractivity contribution in [3.05, 3.63) is 47.8 Å². The number of hydrogen-bond donors (Lipinski definition) is 3. The number of nitrogens with zero attached hydrogens (tertiary/aromatic N) is 2. The van der Waals surface area contributed by atoms with Gasteiger partial charge in [0.05, 0.1) is 12.1 Å². The van der Waals surface area contributed by atoms with E-state index in [0.29, 0.717) is 17.8 Å². The third-order valence-electron chi connectivity index (χ3n) is 6.06. The Kier molecular flexibility index (Phi) is 7.50. The Morgan fingerprint density at radius 1 is 1.10 bits per heavy atom. The fourth-order valence-corrected chi connectivity index (χ4v) is 4.39. The number of rotatable bonds is 5. The molecule has 1 saturated carbocycles. The van der Waals surface area contributed by atoms with E-state index in [2.05, 4.69) is 21.0 Å². The zero-order chi connectivity index (χ0) is 20.2. The molecule has 0 unspecified atom stereocenters. The molecule has 2 fully saturated rings. The number of hydrogen-bond acceptors (Lipinski definition) is 4. The number of aryl methyl sites for hydroxylation is 1. The third-order valence-corrected chi connectivity index (χ3v) is 6.06. The van der Waals surface area contributed by atoms with Gasteiger partial charge in [-0.25, -0.2) is 0 Å². The van der Waals surface area contributed by atoms with Crippen LogP contribution in [-0.4, -0.2) is 40.7 Å². The van der Waals surface area contributed by atoms with E-state index in [1.54, 1.807) is 28.9 Å². The molecule has 8 heteroatoms. The van der Waals surface area contributed by atoms with Gasteiger partial charge >= 0.3 is 0 Å². The van der Waals surface area contributed by atoms with Crippen molar-refractivity contribution < 1.29 is 9.59 Å². The monoisotopic (exact) mass is 431 g/mol. The lowest BCUT2D eigenvalue weighted by atomic mass is 9.90. The SMILES string of the molecule is Cl.Cn1cc([C@H]2CNC[C@@H]2C(=O)Nc2ccc(C(=O)NC3CCCCC3)cc2)cn1. The van der Waals surface area contributed by atoms with Crippen LogP contribution in [-0.2, 0) is 11.8 Å². The van der Waals surface area contributed by atoms with Gasteiger partial charge < -0.3 is 16.0 Å². The maximum absolute atomic E-state index is 12.8. The van der Waals surface area contributed by atoms with Gasteiger partial charge in [-0.2, -0.15) is 5.10 Å². The summed E-state index contributed by atoms with van der Waals surface area (Å²) >= 11 is 0. The fourth-order valence-electron chi connectivity index (χ4n) is 4.39. The molecule has 2 atom stereocenters. The number of carbonyl (C=O) groups is 2. The lowest BCUT2D eigenvalue weighted by Gasteiger charge is -2.22. The van der Waals surface area contributed by atoms with Gasteiger partial charge in [-0.1, -0.05) is 19.3 Å². The summed E-state index contributed by atoms with van der Waals surface area (Å²) in [7, 11) is 1.88. The molecule has 2 aromatic rings. The molecule has 4 rings (SSSR count). The van der Waals surface area contributed by atoms with Crippen LogP contribution in [0.15, 0.2) is 36.7 Å². The van der Waals surface area contributed by atoms with E-state index in [1.165, 1.54) is 19.3 Å². The molecule has 1 aromatic heterocycles. The van der Waals surface area contributed by atoms with E-state index < -0.39 is 0 Å². The van der Waals surface area contributed by atoms with Crippen molar-refractivity contribution >= 4 is 29.9 Å². The fraction of sp³-hybridized carbons (Fsp3) is 0.500. The van der Waals surface area contributed by atoms with Crippen LogP contribution < -0.4 is 16.0 Å². The van der Waals surface area contributed by atoms with E-state index in [-0.39, 0.29) is 42.1 Å². The molecule has 1 aromatic carbocycles. The molecule has 1 aliphatic carbocycles. The molecule has 2 heterocycles. The van der Waals surface area contributed by atoms with Gasteiger partial charge in [0.2, 0.25) is 5.91 Å². The highest BCUT2D eigenvalue weighted by Gasteiger charge is 2.34. The largest absolute Gasteiger partial charge is 0.349 e. The summed E-state index contributed by atoms with van der Waals surface area (Å²) in [6.07, 6.45) is 9.56. The second kappa shape index (κ2) is 10.1. The lowest BCUT2D eigenvalue weighted by Crippen LogP contribution is -2.36. The van der Waals surface area contributed by atoms with Crippen LogP contribution >= 0.6 is 12.4 Å². The van der Waals surface area contributed by atoms with Gasteiger partial charge in [0, 0.05) is 49.5 Å². The molecule has 1 aliphatic heterocycles. The zero-order valence-corrected chi connectivity index (χ0v) is 18.1. The van der Waals surface area contributed by atoms with Gasteiger partial charge in [0.15, 0.2) is 0 Å². The van der Waals surface area contributed by atoms with Crippen LogP contribution in [0.3, 0.4) is 0 Å². The van der Waals surface area contributed by atoms with Gasteiger partial charge in [0.1, 0.15) is 0 Å². The molecule has 1 saturated heterocycles. The molecule has 30 heavy (non-hydrogen) atoms. The number of amides is 2. The zero-order valence-electron chi connectivity index (χ0n) is 17.3. The predicted molar refractivity (Wildman–Crippen MR) is 119 cm³/mol. The molecule has 2 aliphatic rings. The van der Waals surface area contributed by atoms with Crippen LogP contribution in [0.25, 0.3) is 0 Å². The van der Waals surface area contributed by atoms with Gasteiger partial charge in [-0.15, -0.1) is 12.4 Å². The van der Waals surface area contributed by atoms with E-state index in [9.17, 15) is 9.59 Å². The minimum atomic E-state index is -0.145. The molecule has 0 bridgehead atoms. The average molecular weight is 432 g/mol. The first-order valence-electron chi connectivity index (χ1n) is 10.5. The van der Waals surface area contributed by atoms with Gasteiger partial charge in [-0.3, -0.25) is 14.3 Å². The van der Waals surface area contributed by atoms with Gasteiger partial charge in [0.25, 0.3) is 5.91 Å². The third kappa shape index (κ3) is 5.21. The van der Waals surface area contributed by atoms with E-state index in [0.717, 1.165) is 24.9 Å². The van der Waals surface area contributed by atoms with Crippen molar-refractivity contribution in [3.8, 4) is 0 Å². The minimum absolute atomic E-state index is 0. The molecule has 0 radical (unpaired) electrons. The number of nitrogens with one attached hydrogen (secondary N) is 3. The highest BCUT2D eigenvalue weighted by Crippen LogP contribution is 2.29. The summed E-state index contributed by atoms with van der Waals surface area (Å²) in [5, 5.41) is 13.7. The second-order valence-electron chi connectivity index (χ2n) is 8.19. The summed E-state index contributed by atoms with van der Waals surface area (Å²) in [5.74, 6) is -0.0765. The second-order valence-corrected chi connectivity index (χ2v) is 8.19. The van der Waals surface area contributed by atoms with Crippen molar-refractivity contribution in [2.75, 3.05) is 18.4 Å². The smallest absolute Gasteiger partial charge is 0.251 e. The summed E-state index contributed by atoms with van der Waals surface area (Å²) in [5.41, 5.74) is 2.41. The van der Waals surface area contributed by atoms with E-state index >= 15 is 0 Å². The normalized spacial score (nSPS) is 21.6. The highest BCUT2D eigenvalue weighted by atomic mass is 35.5. The summed E-state index contributed by atoms with van der Waals surface area (Å²) in [4.78, 5) is 25.3. The summed E-state index contributed by atoms with van der Waals surface area (Å²) in [6, 6.07) is 7.44. The quantitative estimate of drug-likeness (QED) is 0.679. The Morgan fingerprint density at radius 3 is 2.50 bits per heavy atom. The first kappa shape index (κ1) is 22.3. The number of aromatic nitrogens is 2. The Balaban J connectivity index is 0.00000256. The lowest BCUT2D eigenvalue weighted by molar-refractivity contribution is -0.119. The highest BCUT2D eigenvalue weighted by molar-refractivity contribution is 5.96. The van der Waals surface area contributed by atoms with Crippen molar-refractivity contribution in [2.24, 2.45) is 13.0 Å². The summed E-state index contributed by atoms with van der Waals surface area (Å²) in [6.45, 7) is 1.41. The Hall–Kier alpha value is -2.38. The first-order valence-corrected chi connectivity index (χ1v) is 10.5. The Morgan fingerprint density at radius 2 is 1.83 bits per heavy atom. The van der Waals surface area contributed by atoms with Crippen molar-refractivity contribution in [1.82, 2.24) is 20.4 Å². The predicted octanol–water partition coefficient (Wildman–Crippen LogP) is 2.85. The van der Waals surface area contributed by atoms with Crippen molar-refractivity contribution in [2.45, 2.75) is 44.1 Å². The summed E-state index contributed by atoms with van der Waals surface area (Å²) < 4.78 is 1.76. The van der Waals surface area contributed by atoms with E-state index in [4.69, 9.17) is 0 Å². The van der Waals surface area contributed by atoms with Crippen LogP contribution in [0.1, 0.15) is 53.9 Å². The maximum atomic E-state index is 12.8. The Labute approximate surface area is 183 Å². The first-order chi connectivity index (χ1) is 14.1. The average Bonchev–Trinajstić information content (AvgIpc) is 3.38. The van der Waals surface area contributed by atoms with Crippen LogP contribution in [0.2, 0.25) is 0 Å². The Bertz CT molecular complexity index is 861. The standard InChI is InChI=1S/C22H29N5O2.ClH/c1-27-14-16(11-24-27)19-12-23-13-20(19)22(29)26-18-9-7-15(8-10-18)21(28)25-17-5-3-2-4-6-17;/h7-11,14,17,19-20,23H,2-6,12-13H2,1H3,(H,25,28)(H,26,29);1H/t19-,20+;/m1./s1. The number of halogens is 1. The molecule has 3 N–H and O–H groups in total. The maximum Gasteiger partial charge on any atom is 0.251 e. The molecule has 0 spiro atoms. The van der Waals surface area contributed by atoms with Crippen LogP contribution in [0.4, 0.5) is 5.69 Å². The molecule has 162 valence electrons. The van der Waals surface area contributed by atoms with Crippen molar-refractivity contribution in [1.29, 1.82) is 0 Å². The minimum Gasteiger partial charge on any atom is -0.349 e. The molecule has 7 nitrogen and oxygen atoms in total. The number of benzene rings is 1. The topological polar surface area (TPSA) is 88.0 Å².